The summed E-state index contributed by atoms with van der Waals surface area (Å²) in [6.45, 7) is 4.79. The van der Waals surface area contributed by atoms with Crippen LogP contribution in [0, 0.1) is 20.8 Å². The third kappa shape index (κ3) is 2.78. The standard InChI is InChI=1S/C14H16N2O4S/c1-8-6-4-5-7-11(8)16-21(19,20)13-9(2)12(14(17)18)15-10(13)3/h4-7,15-16H,1-3H3,(H,17,18). The van der Waals surface area contributed by atoms with Crippen molar-refractivity contribution in [3.8, 4) is 0 Å². The smallest absolute Gasteiger partial charge is 0.352 e. The number of para-hydroxylation sites is 1. The molecule has 0 aliphatic heterocycles. The summed E-state index contributed by atoms with van der Waals surface area (Å²) < 4.78 is 27.5. The van der Waals surface area contributed by atoms with Gasteiger partial charge in [0.05, 0.1) is 5.69 Å². The Morgan fingerprint density at radius 3 is 2.33 bits per heavy atom. The SMILES string of the molecule is Cc1ccccc1NS(=O)(=O)c1c(C)[nH]c(C(=O)O)c1C. The highest BCUT2D eigenvalue weighted by Gasteiger charge is 2.26. The Balaban J connectivity index is 2.51. The van der Waals surface area contributed by atoms with Crippen molar-refractivity contribution >= 4 is 21.7 Å². The van der Waals surface area contributed by atoms with Crippen LogP contribution in [-0.4, -0.2) is 24.5 Å². The highest BCUT2D eigenvalue weighted by Crippen LogP contribution is 2.26. The van der Waals surface area contributed by atoms with Crippen LogP contribution in [0.1, 0.15) is 27.3 Å². The number of carboxylic acid groups (broad SMARTS) is 1. The third-order valence-corrected chi connectivity index (χ3v) is 4.88. The molecule has 112 valence electrons. The summed E-state index contributed by atoms with van der Waals surface area (Å²) in [6.07, 6.45) is 0. The van der Waals surface area contributed by atoms with Crippen LogP contribution in [0.5, 0.6) is 0 Å². The first-order chi connectivity index (χ1) is 9.74. The molecule has 0 fully saturated rings. The molecule has 0 saturated carbocycles. The Bertz CT molecular complexity index is 806. The molecule has 0 atom stereocenters. The molecule has 2 aromatic rings. The molecule has 6 nitrogen and oxygen atoms in total. The van der Waals surface area contributed by atoms with Gasteiger partial charge in [-0.3, -0.25) is 4.72 Å². The van der Waals surface area contributed by atoms with Gasteiger partial charge in [-0.15, -0.1) is 0 Å². The van der Waals surface area contributed by atoms with Crippen LogP contribution in [0.15, 0.2) is 29.2 Å². The second-order valence-corrected chi connectivity index (χ2v) is 6.42. The molecule has 0 aliphatic rings. The molecular formula is C14H16N2O4S. The molecule has 0 amide bonds. The number of rotatable bonds is 4. The van der Waals surface area contributed by atoms with Gasteiger partial charge in [0.15, 0.2) is 0 Å². The summed E-state index contributed by atoms with van der Waals surface area (Å²) in [5.41, 5.74) is 1.63. The van der Waals surface area contributed by atoms with E-state index in [1.807, 2.05) is 6.07 Å². The number of carbonyl (C=O) groups is 1. The van der Waals surface area contributed by atoms with Gasteiger partial charge in [0, 0.05) is 11.3 Å². The van der Waals surface area contributed by atoms with Gasteiger partial charge >= 0.3 is 5.97 Å². The minimum atomic E-state index is -3.85. The Morgan fingerprint density at radius 1 is 1.19 bits per heavy atom. The molecule has 3 N–H and O–H groups in total. The summed E-state index contributed by atoms with van der Waals surface area (Å²) in [6, 6.07) is 6.98. The third-order valence-electron chi connectivity index (χ3n) is 3.24. The van der Waals surface area contributed by atoms with Crippen molar-refractivity contribution in [3.63, 3.8) is 0 Å². The van der Waals surface area contributed by atoms with Gasteiger partial charge in [-0.2, -0.15) is 0 Å². The number of aromatic amines is 1. The predicted molar refractivity (Wildman–Crippen MR) is 79.2 cm³/mol. The first-order valence-electron chi connectivity index (χ1n) is 6.25. The lowest BCUT2D eigenvalue weighted by Gasteiger charge is -2.11. The van der Waals surface area contributed by atoms with Crippen molar-refractivity contribution in [2.24, 2.45) is 0 Å². The summed E-state index contributed by atoms with van der Waals surface area (Å²) >= 11 is 0. The molecule has 0 aliphatic carbocycles. The molecule has 2 rings (SSSR count). The van der Waals surface area contributed by atoms with Gasteiger partial charge in [-0.25, -0.2) is 13.2 Å². The largest absolute Gasteiger partial charge is 0.477 e. The number of sulfonamides is 1. The predicted octanol–water partition coefficient (Wildman–Crippen LogP) is 2.44. The Morgan fingerprint density at radius 2 is 1.81 bits per heavy atom. The van der Waals surface area contributed by atoms with Crippen LogP contribution in [-0.2, 0) is 10.0 Å². The van der Waals surface area contributed by atoms with E-state index < -0.39 is 16.0 Å². The highest BCUT2D eigenvalue weighted by atomic mass is 32.2. The van der Waals surface area contributed by atoms with E-state index in [0.29, 0.717) is 11.4 Å². The first kappa shape index (κ1) is 15.1. The van der Waals surface area contributed by atoms with Crippen molar-refractivity contribution in [3.05, 3.63) is 46.8 Å². The van der Waals surface area contributed by atoms with Crippen molar-refractivity contribution in [1.29, 1.82) is 0 Å². The van der Waals surface area contributed by atoms with Gasteiger partial charge in [0.1, 0.15) is 10.6 Å². The van der Waals surface area contributed by atoms with Crippen molar-refractivity contribution < 1.29 is 18.3 Å². The first-order valence-corrected chi connectivity index (χ1v) is 7.73. The van der Waals surface area contributed by atoms with E-state index in [9.17, 15) is 13.2 Å². The Hall–Kier alpha value is -2.28. The van der Waals surface area contributed by atoms with Crippen LogP contribution in [0.4, 0.5) is 5.69 Å². The number of nitrogens with one attached hydrogen (secondary N) is 2. The molecule has 0 bridgehead atoms. The van der Waals surface area contributed by atoms with Gasteiger partial charge in [0.25, 0.3) is 10.0 Å². The maximum absolute atomic E-state index is 12.5. The van der Waals surface area contributed by atoms with Crippen LogP contribution in [0.25, 0.3) is 0 Å². The van der Waals surface area contributed by atoms with E-state index in [1.54, 1.807) is 25.1 Å². The van der Waals surface area contributed by atoms with E-state index in [2.05, 4.69) is 9.71 Å². The van der Waals surface area contributed by atoms with Crippen LogP contribution < -0.4 is 4.72 Å². The van der Waals surface area contributed by atoms with Crippen LogP contribution >= 0.6 is 0 Å². The fraction of sp³-hybridized carbons (Fsp3) is 0.214. The maximum atomic E-state index is 12.5. The normalized spacial score (nSPS) is 11.4. The molecule has 0 spiro atoms. The summed E-state index contributed by atoms with van der Waals surface area (Å²) in [5, 5.41) is 9.06. The zero-order valence-corrected chi connectivity index (χ0v) is 12.7. The molecule has 1 heterocycles. The fourth-order valence-corrected chi connectivity index (χ4v) is 3.81. The van der Waals surface area contributed by atoms with E-state index in [0.717, 1.165) is 5.56 Å². The summed E-state index contributed by atoms with van der Waals surface area (Å²) in [7, 11) is -3.85. The molecule has 7 heteroatoms. The van der Waals surface area contributed by atoms with Crippen molar-refractivity contribution in [1.82, 2.24) is 4.98 Å². The second-order valence-electron chi connectivity index (χ2n) is 4.80. The fourth-order valence-electron chi connectivity index (χ4n) is 2.23. The minimum Gasteiger partial charge on any atom is -0.477 e. The van der Waals surface area contributed by atoms with E-state index in [-0.39, 0.29) is 16.2 Å². The molecule has 0 unspecified atom stereocenters. The van der Waals surface area contributed by atoms with Crippen LogP contribution in [0.3, 0.4) is 0 Å². The molecular weight excluding hydrogens is 292 g/mol. The second kappa shape index (κ2) is 5.25. The zero-order chi connectivity index (χ0) is 15.8. The van der Waals surface area contributed by atoms with Gasteiger partial charge in [-0.1, -0.05) is 18.2 Å². The lowest BCUT2D eigenvalue weighted by molar-refractivity contribution is 0.0690. The molecule has 21 heavy (non-hydrogen) atoms. The highest BCUT2D eigenvalue weighted by molar-refractivity contribution is 7.92. The van der Waals surface area contributed by atoms with Gasteiger partial charge in [0.2, 0.25) is 0 Å². The van der Waals surface area contributed by atoms with E-state index in [1.165, 1.54) is 13.8 Å². The van der Waals surface area contributed by atoms with Gasteiger partial charge < -0.3 is 10.1 Å². The number of anilines is 1. The number of aryl methyl sites for hydroxylation is 2. The number of carboxylic acids is 1. The average molecular weight is 308 g/mol. The van der Waals surface area contributed by atoms with Crippen LogP contribution in [0.2, 0.25) is 0 Å². The van der Waals surface area contributed by atoms with Crippen molar-refractivity contribution in [2.45, 2.75) is 25.7 Å². The average Bonchev–Trinajstić information content (AvgIpc) is 2.68. The van der Waals surface area contributed by atoms with Gasteiger partial charge in [-0.05, 0) is 32.4 Å². The lowest BCUT2D eigenvalue weighted by Crippen LogP contribution is -2.15. The molecule has 0 radical (unpaired) electrons. The number of hydrogen-bond donors (Lipinski definition) is 3. The minimum absolute atomic E-state index is 0.0249. The topological polar surface area (TPSA) is 99.3 Å². The number of aromatic nitrogens is 1. The lowest BCUT2D eigenvalue weighted by atomic mass is 10.2. The zero-order valence-electron chi connectivity index (χ0n) is 11.9. The number of aromatic carboxylic acids is 1. The maximum Gasteiger partial charge on any atom is 0.352 e. The molecule has 0 saturated heterocycles. The quantitative estimate of drug-likeness (QED) is 0.807. The summed E-state index contributed by atoms with van der Waals surface area (Å²) in [5.74, 6) is -1.19. The monoisotopic (exact) mass is 308 g/mol. The van der Waals surface area contributed by atoms with E-state index in [4.69, 9.17) is 5.11 Å². The number of benzene rings is 1. The van der Waals surface area contributed by atoms with E-state index >= 15 is 0 Å². The molecule has 1 aromatic carbocycles. The Labute approximate surface area is 122 Å². The number of H-pyrrole nitrogens is 1. The number of hydrogen-bond acceptors (Lipinski definition) is 3. The molecule has 1 aromatic heterocycles. The summed E-state index contributed by atoms with van der Waals surface area (Å²) in [4.78, 5) is 13.7. The van der Waals surface area contributed by atoms with Crippen molar-refractivity contribution in [2.75, 3.05) is 4.72 Å². The Kier molecular flexibility index (Phi) is 3.78.